The molecule has 3 N–H and O–H groups in total. The molecule has 0 unspecified atom stereocenters. The highest BCUT2D eigenvalue weighted by molar-refractivity contribution is 9.10. The Balaban J connectivity index is 1.99. The van der Waals surface area contributed by atoms with Crippen LogP contribution in [-0.4, -0.2) is 11.6 Å². The van der Waals surface area contributed by atoms with E-state index in [-0.39, 0.29) is 0 Å². The fraction of sp³-hybridized carbons (Fsp3) is 0.357. The van der Waals surface area contributed by atoms with Gasteiger partial charge in [0.1, 0.15) is 5.82 Å². The van der Waals surface area contributed by atoms with E-state index in [1.54, 1.807) is 11.3 Å². The van der Waals surface area contributed by atoms with E-state index < -0.39 is 0 Å². The summed E-state index contributed by atoms with van der Waals surface area (Å²) in [6, 6.07) is 5.76. The van der Waals surface area contributed by atoms with Crippen LogP contribution in [-0.2, 0) is 6.54 Å². The van der Waals surface area contributed by atoms with Crippen molar-refractivity contribution in [3.63, 3.8) is 0 Å². The highest BCUT2D eigenvalue weighted by atomic mass is 79.9. The molecule has 20 heavy (non-hydrogen) atoms. The molecule has 0 amide bonds. The quantitative estimate of drug-likeness (QED) is 0.817. The van der Waals surface area contributed by atoms with Gasteiger partial charge in [-0.3, -0.25) is 0 Å². The molecule has 0 radical (unpaired) electrons. The molecule has 0 aliphatic rings. The number of nitrogens with one attached hydrogen (secondary N) is 1. The fourth-order valence-electron chi connectivity index (χ4n) is 1.54. The van der Waals surface area contributed by atoms with Gasteiger partial charge in [-0.1, -0.05) is 13.8 Å². The van der Waals surface area contributed by atoms with Crippen molar-refractivity contribution in [1.29, 1.82) is 0 Å². The summed E-state index contributed by atoms with van der Waals surface area (Å²) in [6.45, 7) is 5.52. The first-order chi connectivity index (χ1) is 9.54. The van der Waals surface area contributed by atoms with Crippen LogP contribution in [0.4, 0.5) is 11.5 Å². The summed E-state index contributed by atoms with van der Waals surface area (Å²) in [6.07, 6.45) is 0. The van der Waals surface area contributed by atoms with Crippen molar-refractivity contribution in [2.45, 2.75) is 20.4 Å². The average molecular weight is 356 g/mol. The van der Waals surface area contributed by atoms with Crippen LogP contribution in [0.15, 0.2) is 28.1 Å². The number of rotatable bonds is 6. The van der Waals surface area contributed by atoms with Crippen LogP contribution in [0.3, 0.4) is 0 Å². The molecule has 108 valence electrons. The maximum absolute atomic E-state index is 5.87. The molecule has 6 heteroatoms. The third-order valence-corrected chi connectivity index (χ3v) is 4.21. The molecule has 0 spiro atoms. The highest BCUT2D eigenvalue weighted by Crippen LogP contribution is 2.23. The molecule has 0 saturated carbocycles. The maximum Gasteiger partial charge on any atom is 0.239 e. The smallest absolute Gasteiger partial charge is 0.239 e. The van der Waals surface area contributed by atoms with Crippen LogP contribution in [0.25, 0.3) is 0 Å². The Hall–Kier alpha value is -1.27. The van der Waals surface area contributed by atoms with Crippen LogP contribution in [0, 0.1) is 5.92 Å². The van der Waals surface area contributed by atoms with E-state index in [4.69, 9.17) is 10.5 Å². The number of ether oxygens (including phenoxy) is 1. The first-order valence-corrected chi connectivity index (χ1v) is 8.08. The van der Waals surface area contributed by atoms with E-state index in [2.05, 4.69) is 51.5 Å². The zero-order valence-electron chi connectivity index (χ0n) is 11.5. The number of hydrogen-bond donors (Lipinski definition) is 2. The molecule has 4 nitrogen and oxygen atoms in total. The summed E-state index contributed by atoms with van der Waals surface area (Å²) in [5, 5.41) is 5.33. The minimum Gasteiger partial charge on any atom is -0.476 e. The van der Waals surface area contributed by atoms with Crippen molar-refractivity contribution >= 4 is 38.8 Å². The summed E-state index contributed by atoms with van der Waals surface area (Å²) < 4.78 is 6.72. The van der Waals surface area contributed by atoms with E-state index in [0.717, 1.165) is 16.8 Å². The molecule has 0 atom stereocenters. The van der Waals surface area contributed by atoms with Gasteiger partial charge in [0.25, 0.3) is 0 Å². The summed E-state index contributed by atoms with van der Waals surface area (Å²) in [7, 11) is 0. The number of halogens is 1. The number of hydrogen-bond acceptors (Lipinski definition) is 5. The van der Waals surface area contributed by atoms with E-state index in [0.29, 0.717) is 24.1 Å². The molecule has 0 aliphatic carbocycles. The normalized spacial score (nSPS) is 10.8. The molecule has 0 fully saturated rings. The number of anilines is 2. The Morgan fingerprint density at radius 2 is 2.25 bits per heavy atom. The van der Waals surface area contributed by atoms with Crippen molar-refractivity contribution in [1.82, 2.24) is 4.98 Å². The first-order valence-electron chi connectivity index (χ1n) is 6.40. The van der Waals surface area contributed by atoms with Gasteiger partial charge in [-0.05, 0) is 40.0 Å². The van der Waals surface area contributed by atoms with Gasteiger partial charge in [0.15, 0.2) is 0 Å². The predicted molar refractivity (Wildman–Crippen MR) is 88.3 cm³/mol. The molecular weight excluding hydrogens is 338 g/mol. The highest BCUT2D eigenvalue weighted by Gasteiger charge is 2.06. The van der Waals surface area contributed by atoms with Gasteiger partial charge in [0.05, 0.1) is 18.8 Å². The summed E-state index contributed by atoms with van der Waals surface area (Å²) >= 11 is 5.14. The van der Waals surface area contributed by atoms with Crippen molar-refractivity contribution in [2.75, 3.05) is 17.7 Å². The SMILES string of the molecule is CC(C)COc1nc(NCc2cc(Br)cs2)ccc1N. The van der Waals surface area contributed by atoms with Gasteiger partial charge >= 0.3 is 0 Å². The van der Waals surface area contributed by atoms with Crippen LogP contribution >= 0.6 is 27.3 Å². The molecule has 0 aromatic carbocycles. The summed E-state index contributed by atoms with van der Waals surface area (Å²) in [5.41, 5.74) is 6.43. The molecular formula is C14H18BrN3OS. The Bertz CT molecular complexity index is 571. The monoisotopic (exact) mass is 355 g/mol. The van der Waals surface area contributed by atoms with Gasteiger partial charge in [0.2, 0.25) is 5.88 Å². The fourth-order valence-corrected chi connectivity index (χ4v) is 2.93. The predicted octanol–water partition coefficient (Wildman–Crippen LogP) is 4.13. The zero-order chi connectivity index (χ0) is 14.5. The van der Waals surface area contributed by atoms with Crippen LogP contribution in [0.5, 0.6) is 5.88 Å². The Morgan fingerprint density at radius 1 is 1.45 bits per heavy atom. The first kappa shape index (κ1) is 15.1. The van der Waals surface area contributed by atoms with Crippen molar-refractivity contribution in [2.24, 2.45) is 5.92 Å². The number of nitrogens with two attached hydrogens (primary N) is 1. The topological polar surface area (TPSA) is 60.2 Å². The van der Waals surface area contributed by atoms with Gasteiger partial charge < -0.3 is 15.8 Å². The van der Waals surface area contributed by atoms with E-state index in [1.165, 1.54) is 4.88 Å². The molecule has 2 rings (SSSR count). The third-order valence-electron chi connectivity index (χ3n) is 2.51. The minimum atomic E-state index is 0.441. The lowest BCUT2D eigenvalue weighted by Gasteiger charge is -2.12. The average Bonchev–Trinajstić information content (AvgIpc) is 2.82. The zero-order valence-corrected chi connectivity index (χ0v) is 13.9. The standard InChI is InChI=1S/C14H18BrN3OS/c1-9(2)7-19-14-12(16)3-4-13(18-14)17-6-11-5-10(15)8-20-11/h3-5,8-9H,6-7,16H2,1-2H3,(H,17,18). The van der Waals surface area contributed by atoms with E-state index in [9.17, 15) is 0 Å². The Kier molecular flexibility index (Phi) is 5.25. The molecule has 0 saturated heterocycles. The van der Waals surface area contributed by atoms with Gasteiger partial charge in [-0.25, -0.2) is 0 Å². The third kappa shape index (κ3) is 4.38. The summed E-state index contributed by atoms with van der Waals surface area (Å²) in [5.74, 6) is 1.70. The molecule has 2 aromatic rings. The van der Waals surface area contributed by atoms with Crippen molar-refractivity contribution in [3.05, 3.63) is 32.9 Å². The molecule has 2 aromatic heterocycles. The number of aromatic nitrogens is 1. The Morgan fingerprint density at radius 3 is 2.90 bits per heavy atom. The lowest BCUT2D eigenvalue weighted by Crippen LogP contribution is -2.09. The number of nitrogens with zero attached hydrogens (tertiary/aromatic N) is 1. The van der Waals surface area contributed by atoms with Gasteiger partial charge in [0, 0.05) is 14.7 Å². The largest absolute Gasteiger partial charge is 0.476 e. The second-order valence-corrected chi connectivity index (χ2v) is 6.79. The maximum atomic E-state index is 5.87. The second kappa shape index (κ2) is 6.95. The number of thiophene rings is 1. The molecule has 0 aliphatic heterocycles. The lowest BCUT2D eigenvalue weighted by atomic mass is 10.2. The van der Waals surface area contributed by atoms with Gasteiger partial charge in [-0.15, -0.1) is 11.3 Å². The van der Waals surface area contributed by atoms with E-state index >= 15 is 0 Å². The van der Waals surface area contributed by atoms with Crippen LogP contribution in [0.1, 0.15) is 18.7 Å². The van der Waals surface area contributed by atoms with Crippen LogP contribution in [0.2, 0.25) is 0 Å². The molecule has 0 bridgehead atoms. The molecule has 2 heterocycles. The van der Waals surface area contributed by atoms with Gasteiger partial charge in [-0.2, -0.15) is 4.98 Å². The second-order valence-electron chi connectivity index (χ2n) is 4.88. The van der Waals surface area contributed by atoms with E-state index in [1.807, 2.05) is 12.1 Å². The van der Waals surface area contributed by atoms with Crippen LogP contribution < -0.4 is 15.8 Å². The number of pyridine rings is 1. The summed E-state index contributed by atoms with van der Waals surface area (Å²) in [4.78, 5) is 5.64. The lowest BCUT2D eigenvalue weighted by molar-refractivity contribution is 0.263. The Labute approximate surface area is 131 Å². The minimum absolute atomic E-state index is 0.441. The number of nitrogen functional groups attached to an aromatic ring is 1. The van der Waals surface area contributed by atoms with Crippen molar-refractivity contribution < 1.29 is 4.74 Å². The van der Waals surface area contributed by atoms with Crippen molar-refractivity contribution in [3.8, 4) is 5.88 Å².